The number of likely N-dealkylation sites (N-methyl/N-ethyl adjacent to an activating group) is 1. The Morgan fingerprint density at radius 3 is 2.52 bits per heavy atom. The molecule has 1 amide bonds. The van der Waals surface area contributed by atoms with Crippen LogP contribution in [0.2, 0.25) is 10.0 Å². The van der Waals surface area contributed by atoms with E-state index in [9.17, 15) is 4.79 Å². The van der Waals surface area contributed by atoms with Crippen LogP contribution in [0.1, 0.15) is 16.7 Å². The fourth-order valence-electron chi connectivity index (χ4n) is 3.65. The Morgan fingerprint density at radius 2 is 1.76 bits per heavy atom. The third-order valence-corrected chi connectivity index (χ3v) is 6.16. The van der Waals surface area contributed by atoms with Crippen molar-refractivity contribution >= 4 is 57.8 Å². The molecule has 5 nitrogen and oxygen atoms in total. The number of aliphatic imine (C=N–C) groups is 1. The molecule has 2 N–H and O–H groups in total. The second kappa shape index (κ2) is 10.3. The van der Waals surface area contributed by atoms with E-state index >= 15 is 0 Å². The van der Waals surface area contributed by atoms with E-state index in [2.05, 4.69) is 22.8 Å². The van der Waals surface area contributed by atoms with Crippen molar-refractivity contribution in [3.05, 3.63) is 99.5 Å². The van der Waals surface area contributed by atoms with Gasteiger partial charge in [0.15, 0.2) is 5.11 Å². The van der Waals surface area contributed by atoms with E-state index in [1.807, 2.05) is 36.4 Å². The summed E-state index contributed by atoms with van der Waals surface area (Å²) >= 11 is 18.3. The number of carbonyl (C=O) groups is 1. The standard InChI is InChI=1S/C25H22Cl2N4OS/c1-31-21-12-11-17(26)15-19(21)22(18-9-5-6-10-20(18)27)29-23(24(31)32)30-25(33)28-14-13-16-7-3-2-4-8-16/h2-12,15,23H,13-14H2,1H3,(H2,28,30,33). The molecule has 1 heterocycles. The number of carbonyl (C=O) groups excluding carboxylic acids is 1. The Morgan fingerprint density at radius 1 is 1.03 bits per heavy atom. The van der Waals surface area contributed by atoms with Crippen molar-refractivity contribution in [2.45, 2.75) is 12.6 Å². The van der Waals surface area contributed by atoms with Gasteiger partial charge in [-0.2, -0.15) is 0 Å². The quantitative estimate of drug-likeness (QED) is 0.496. The van der Waals surface area contributed by atoms with Crippen molar-refractivity contribution in [3.63, 3.8) is 0 Å². The van der Waals surface area contributed by atoms with Crippen LogP contribution in [0.4, 0.5) is 5.69 Å². The molecular formula is C25H22Cl2N4OS. The summed E-state index contributed by atoms with van der Waals surface area (Å²) in [5.74, 6) is -0.243. The molecule has 1 atom stereocenters. The molecule has 1 aliphatic heterocycles. The summed E-state index contributed by atoms with van der Waals surface area (Å²) in [6.45, 7) is 0.628. The van der Waals surface area contributed by atoms with Crippen molar-refractivity contribution in [2.75, 3.05) is 18.5 Å². The summed E-state index contributed by atoms with van der Waals surface area (Å²) in [7, 11) is 1.71. The van der Waals surface area contributed by atoms with Gasteiger partial charge in [0, 0.05) is 34.8 Å². The van der Waals surface area contributed by atoms with Gasteiger partial charge in [0.05, 0.1) is 11.4 Å². The van der Waals surface area contributed by atoms with Crippen LogP contribution < -0.4 is 15.5 Å². The van der Waals surface area contributed by atoms with E-state index in [0.29, 0.717) is 38.7 Å². The predicted molar refractivity (Wildman–Crippen MR) is 140 cm³/mol. The molecule has 3 aromatic rings. The molecular weight excluding hydrogens is 475 g/mol. The number of benzodiazepines with no additional fused rings is 1. The zero-order valence-corrected chi connectivity index (χ0v) is 20.2. The van der Waals surface area contributed by atoms with Gasteiger partial charge in [-0.05, 0) is 48.5 Å². The Balaban J connectivity index is 1.61. The first-order valence-corrected chi connectivity index (χ1v) is 11.6. The largest absolute Gasteiger partial charge is 0.362 e. The van der Waals surface area contributed by atoms with Gasteiger partial charge in [-0.15, -0.1) is 0 Å². The lowest BCUT2D eigenvalue weighted by molar-refractivity contribution is -0.119. The van der Waals surface area contributed by atoms with Crippen LogP contribution in [0, 0.1) is 0 Å². The molecule has 0 saturated carbocycles. The number of hydrogen-bond acceptors (Lipinski definition) is 3. The first-order valence-electron chi connectivity index (χ1n) is 10.4. The molecule has 0 bridgehead atoms. The molecule has 0 saturated heterocycles. The maximum absolute atomic E-state index is 13.3. The number of amides is 1. The van der Waals surface area contributed by atoms with Crippen molar-refractivity contribution in [1.29, 1.82) is 0 Å². The average Bonchev–Trinajstić information content (AvgIpc) is 2.90. The Bertz CT molecular complexity index is 1220. The fraction of sp³-hybridized carbons (Fsp3) is 0.160. The third kappa shape index (κ3) is 5.36. The number of thiocarbonyl (C=S) groups is 1. The van der Waals surface area contributed by atoms with Gasteiger partial charge < -0.3 is 15.5 Å². The number of anilines is 1. The number of nitrogens with zero attached hydrogens (tertiary/aromatic N) is 2. The van der Waals surface area contributed by atoms with Gasteiger partial charge in [0.2, 0.25) is 6.17 Å². The van der Waals surface area contributed by atoms with Gasteiger partial charge in [-0.3, -0.25) is 4.79 Å². The van der Waals surface area contributed by atoms with Crippen molar-refractivity contribution in [2.24, 2.45) is 4.99 Å². The van der Waals surface area contributed by atoms with Gasteiger partial charge in [0.25, 0.3) is 5.91 Å². The molecule has 0 fully saturated rings. The fourth-order valence-corrected chi connectivity index (χ4v) is 4.26. The van der Waals surface area contributed by atoms with E-state index in [4.69, 9.17) is 40.4 Å². The summed E-state index contributed by atoms with van der Waals surface area (Å²) in [4.78, 5) is 19.6. The van der Waals surface area contributed by atoms with Crippen molar-refractivity contribution in [3.8, 4) is 0 Å². The second-order valence-corrected chi connectivity index (χ2v) is 8.81. The van der Waals surface area contributed by atoms with E-state index < -0.39 is 6.17 Å². The van der Waals surface area contributed by atoms with E-state index in [1.165, 1.54) is 5.56 Å². The normalized spacial score (nSPS) is 15.4. The molecule has 4 rings (SSSR count). The summed E-state index contributed by atoms with van der Waals surface area (Å²) in [6, 6.07) is 22.8. The van der Waals surface area contributed by atoms with Gasteiger partial charge in [0.1, 0.15) is 0 Å². The molecule has 0 aromatic heterocycles. The highest BCUT2D eigenvalue weighted by Crippen LogP contribution is 2.31. The van der Waals surface area contributed by atoms with Crippen LogP contribution >= 0.6 is 35.4 Å². The highest BCUT2D eigenvalue weighted by Gasteiger charge is 2.31. The zero-order valence-electron chi connectivity index (χ0n) is 17.9. The van der Waals surface area contributed by atoms with Crippen LogP contribution in [0.15, 0.2) is 77.8 Å². The SMILES string of the molecule is CN1C(=O)C(NC(=S)NCCc2ccccc2)N=C(c2ccccc2Cl)c2cc(Cl)ccc21. The van der Waals surface area contributed by atoms with Gasteiger partial charge >= 0.3 is 0 Å². The van der Waals surface area contributed by atoms with Crippen LogP contribution in [-0.4, -0.2) is 36.5 Å². The van der Waals surface area contributed by atoms with Gasteiger partial charge in [-0.1, -0.05) is 71.7 Å². The lowest BCUT2D eigenvalue weighted by atomic mass is 10.00. The number of fused-ring (bicyclic) bond motifs is 1. The van der Waals surface area contributed by atoms with Crippen molar-refractivity contribution in [1.82, 2.24) is 10.6 Å². The topological polar surface area (TPSA) is 56.7 Å². The van der Waals surface area contributed by atoms with Crippen LogP contribution in [0.3, 0.4) is 0 Å². The number of hydrogen-bond donors (Lipinski definition) is 2. The van der Waals surface area contributed by atoms with Crippen molar-refractivity contribution < 1.29 is 4.79 Å². The Hall–Kier alpha value is -2.93. The van der Waals surface area contributed by atoms with E-state index in [-0.39, 0.29) is 5.91 Å². The molecule has 1 aliphatic rings. The molecule has 8 heteroatoms. The lowest BCUT2D eigenvalue weighted by Gasteiger charge is -2.22. The molecule has 0 spiro atoms. The second-order valence-electron chi connectivity index (χ2n) is 7.55. The summed E-state index contributed by atoms with van der Waals surface area (Å²) in [5.41, 5.74) is 3.89. The smallest absolute Gasteiger partial charge is 0.272 e. The minimum Gasteiger partial charge on any atom is -0.362 e. The molecule has 3 aromatic carbocycles. The highest BCUT2D eigenvalue weighted by molar-refractivity contribution is 7.80. The average molecular weight is 497 g/mol. The monoisotopic (exact) mass is 496 g/mol. The summed E-state index contributed by atoms with van der Waals surface area (Å²) in [5, 5.41) is 7.64. The lowest BCUT2D eigenvalue weighted by Crippen LogP contribution is -2.49. The Labute approximate surface area is 208 Å². The highest BCUT2D eigenvalue weighted by atomic mass is 35.5. The van der Waals surface area contributed by atoms with Crippen LogP contribution in [-0.2, 0) is 11.2 Å². The summed E-state index contributed by atoms with van der Waals surface area (Å²) < 4.78 is 0. The molecule has 0 radical (unpaired) electrons. The van der Waals surface area contributed by atoms with E-state index in [0.717, 1.165) is 12.0 Å². The third-order valence-electron chi connectivity index (χ3n) is 5.34. The summed E-state index contributed by atoms with van der Waals surface area (Å²) in [6.07, 6.45) is -0.122. The molecule has 0 aliphatic carbocycles. The predicted octanol–water partition coefficient (Wildman–Crippen LogP) is 4.84. The minimum atomic E-state index is -0.927. The first-order chi connectivity index (χ1) is 15.9. The number of halogens is 2. The Kier molecular flexibility index (Phi) is 7.28. The molecule has 168 valence electrons. The van der Waals surface area contributed by atoms with E-state index in [1.54, 1.807) is 36.2 Å². The number of benzene rings is 3. The maximum atomic E-state index is 13.3. The first kappa shape index (κ1) is 23.2. The van der Waals surface area contributed by atoms with Gasteiger partial charge in [-0.25, -0.2) is 4.99 Å². The maximum Gasteiger partial charge on any atom is 0.272 e. The van der Waals surface area contributed by atoms with Crippen LogP contribution in [0.5, 0.6) is 0 Å². The zero-order chi connectivity index (χ0) is 23.4. The van der Waals surface area contributed by atoms with Crippen LogP contribution in [0.25, 0.3) is 0 Å². The number of nitrogens with one attached hydrogen (secondary N) is 2. The number of rotatable bonds is 5. The molecule has 1 unspecified atom stereocenters. The molecule has 33 heavy (non-hydrogen) atoms. The minimum absolute atomic E-state index is 0.243.